The molecule has 4 nitrogen and oxygen atoms in total. The first-order valence-electron chi connectivity index (χ1n) is 6.97. The van der Waals surface area contributed by atoms with Gasteiger partial charge in [-0.3, -0.25) is 4.79 Å². The summed E-state index contributed by atoms with van der Waals surface area (Å²) in [6, 6.07) is 0.205. The molecule has 1 saturated carbocycles. The number of amides is 1. The molecule has 4 heteroatoms. The molecular formula is C14H28N2O2. The predicted molar refractivity (Wildman–Crippen MR) is 73.2 cm³/mol. The average molecular weight is 256 g/mol. The van der Waals surface area contributed by atoms with Crippen LogP contribution in [0.4, 0.5) is 0 Å². The van der Waals surface area contributed by atoms with Crippen LogP contribution >= 0.6 is 0 Å². The number of carbonyl (C=O) groups excluding carboxylic acids is 1. The zero-order valence-electron chi connectivity index (χ0n) is 12.0. The molecule has 0 aromatic heterocycles. The highest BCUT2D eigenvalue weighted by molar-refractivity contribution is 5.78. The van der Waals surface area contributed by atoms with Gasteiger partial charge in [-0.1, -0.05) is 20.3 Å². The summed E-state index contributed by atoms with van der Waals surface area (Å²) in [5, 5.41) is 3.07. The lowest BCUT2D eigenvalue weighted by Crippen LogP contribution is -2.41. The summed E-state index contributed by atoms with van der Waals surface area (Å²) < 4.78 is 5.09. The van der Waals surface area contributed by atoms with Gasteiger partial charge in [-0.05, 0) is 31.1 Å². The summed E-state index contributed by atoms with van der Waals surface area (Å²) >= 11 is 0. The maximum atomic E-state index is 12.1. The molecule has 1 aliphatic rings. The summed E-state index contributed by atoms with van der Waals surface area (Å²) in [4.78, 5) is 12.1. The largest absolute Gasteiger partial charge is 0.385 e. The van der Waals surface area contributed by atoms with E-state index in [-0.39, 0.29) is 23.3 Å². The van der Waals surface area contributed by atoms with Crippen LogP contribution in [-0.2, 0) is 9.53 Å². The zero-order valence-corrected chi connectivity index (χ0v) is 12.0. The van der Waals surface area contributed by atoms with Crippen molar-refractivity contribution in [3.63, 3.8) is 0 Å². The topological polar surface area (TPSA) is 64.3 Å². The highest BCUT2D eigenvalue weighted by Gasteiger charge is 2.26. The Hall–Kier alpha value is -0.610. The Morgan fingerprint density at radius 2 is 2.17 bits per heavy atom. The molecule has 1 rings (SSSR count). The summed E-state index contributed by atoms with van der Waals surface area (Å²) in [6.07, 6.45) is 4.91. The summed E-state index contributed by atoms with van der Waals surface area (Å²) in [5.74, 6) is 0.294. The molecular weight excluding hydrogens is 228 g/mol. The SMILES string of the molecule is COCCC(C)(C)CNC(=O)C1CCCC(N)C1. The lowest BCUT2D eigenvalue weighted by Gasteiger charge is -2.29. The molecule has 106 valence electrons. The van der Waals surface area contributed by atoms with Crippen LogP contribution < -0.4 is 11.1 Å². The number of ether oxygens (including phenoxy) is 1. The van der Waals surface area contributed by atoms with E-state index in [1.54, 1.807) is 7.11 Å². The van der Waals surface area contributed by atoms with Gasteiger partial charge in [-0.25, -0.2) is 0 Å². The van der Waals surface area contributed by atoms with Gasteiger partial charge in [0.2, 0.25) is 5.91 Å². The molecule has 3 N–H and O–H groups in total. The number of hydrogen-bond donors (Lipinski definition) is 2. The van der Waals surface area contributed by atoms with Gasteiger partial charge in [-0.15, -0.1) is 0 Å². The van der Waals surface area contributed by atoms with Crippen LogP contribution in [0.15, 0.2) is 0 Å². The number of nitrogens with one attached hydrogen (secondary N) is 1. The minimum Gasteiger partial charge on any atom is -0.385 e. The molecule has 0 spiro atoms. The first kappa shape index (κ1) is 15.4. The van der Waals surface area contributed by atoms with Crippen molar-refractivity contribution in [2.24, 2.45) is 17.1 Å². The number of methoxy groups -OCH3 is 1. The van der Waals surface area contributed by atoms with E-state index in [2.05, 4.69) is 19.2 Å². The van der Waals surface area contributed by atoms with Crippen molar-refractivity contribution >= 4 is 5.91 Å². The second kappa shape index (κ2) is 7.10. The zero-order chi connectivity index (χ0) is 13.6. The Bertz CT molecular complexity index is 267. The van der Waals surface area contributed by atoms with Crippen molar-refractivity contribution in [2.45, 2.75) is 52.0 Å². The third-order valence-corrected chi connectivity index (χ3v) is 3.81. The van der Waals surface area contributed by atoms with Gasteiger partial charge in [0.25, 0.3) is 0 Å². The van der Waals surface area contributed by atoms with E-state index in [0.717, 1.165) is 38.7 Å². The van der Waals surface area contributed by atoms with Crippen molar-refractivity contribution in [3.05, 3.63) is 0 Å². The molecule has 18 heavy (non-hydrogen) atoms. The van der Waals surface area contributed by atoms with Crippen LogP contribution in [0.5, 0.6) is 0 Å². The lowest BCUT2D eigenvalue weighted by atomic mass is 9.85. The van der Waals surface area contributed by atoms with Gasteiger partial charge >= 0.3 is 0 Å². The normalized spacial score (nSPS) is 24.9. The Kier molecular flexibility index (Phi) is 6.09. The number of hydrogen-bond acceptors (Lipinski definition) is 3. The minimum absolute atomic E-state index is 0.0858. The Morgan fingerprint density at radius 3 is 2.78 bits per heavy atom. The highest BCUT2D eigenvalue weighted by atomic mass is 16.5. The Morgan fingerprint density at radius 1 is 1.44 bits per heavy atom. The fraction of sp³-hybridized carbons (Fsp3) is 0.929. The summed E-state index contributed by atoms with van der Waals surface area (Å²) in [5.41, 5.74) is 6.00. The third-order valence-electron chi connectivity index (χ3n) is 3.81. The fourth-order valence-electron chi connectivity index (χ4n) is 2.40. The van der Waals surface area contributed by atoms with Crippen molar-refractivity contribution in [1.82, 2.24) is 5.32 Å². The number of rotatable bonds is 6. The Labute approximate surface area is 111 Å². The van der Waals surface area contributed by atoms with E-state index in [1.165, 1.54) is 0 Å². The van der Waals surface area contributed by atoms with Crippen LogP contribution in [0.2, 0.25) is 0 Å². The number of nitrogens with two attached hydrogens (primary N) is 1. The van der Waals surface area contributed by atoms with Gasteiger partial charge < -0.3 is 15.8 Å². The second-order valence-electron chi connectivity index (χ2n) is 6.25. The van der Waals surface area contributed by atoms with Crippen LogP contribution in [0.1, 0.15) is 46.0 Å². The third kappa shape index (κ3) is 5.36. The van der Waals surface area contributed by atoms with Crippen LogP contribution in [-0.4, -0.2) is 32.2 Å². The van der Waals surface area contributed by atoms with Gasteiger partial charge in [0, 0.05) is 32.2 Å². The maximum Gasteiger partial charge on any atom is 0.223 e. The van der Waals surface area contributed by atoms with E-state index >= 15 is 0 Å². The average Bonchev–Trinajstić information content (AvgIpc) is 2.34. The van der Waals surface area contributed by atoms with Crippen molar-refractivity contribution in [1.29, 1.82) is 0 Å². The minimum atomic E-state index is 0.0858. The van der Waals surface area contributed by atoms with E-state index in [9.17, 15) is 4.79 Å². The predicted octanol–water partition coefficient (Wildman–Crippen LogP) is 1.68. The molecule has 0 aliphatic heterocycles. The molecule has 1 fully saturated rings. The van der Waals surface area contributed by atoms with E-state index in [0.29, 0.717) is 6.54 Å². The molecule has 2 atom stereocenters. The van der Waals surface area contributed by atoms with Gasteiger partial charge in [0.1, 0.15) is 0 Å². The fourth-order valence-corrected chi connectivity index (χ4v) is 2.40. The highest BCUT2D eigenvalue weighted by Crippen LogP contribution is 2.24. The summed E-state index contributed by atoms with van der Waals surface area (Å²) in [7, 11) is 1.71. The maximum absolute atomic E-state index is 12.1. The lowest BCUT2D eigenvalue weighted by molar-refractivity contribution is -0.126. The van der Waals surface area contributed by atoms with E-state index in [4.69, 9.17) is 10.5 Å². The van der Waals surface area contributed by atoms with Crippen LogP contribution in [0, 0.1) is 11.3 Å². The van der Waals surface area contributed by atoms with Crippen molar-refractivity contribution < 1.29 is 9.53 Å². The van der Waals surface area contributed by atoms with E-state index < -0.39 is 0 Å². The molecule has 1 aliphatic carbocycles. The van der Waals surface area contributed by atoms with Gasteiger partial charge in [0.05, 0.1) is 0 Å². The molecule has 0 aromatic rings. The monoisotopic (exact) mass is 256 g/mol. The number of carbonyl (C=O) groups is 1. The first-order chi connectivity index (χ1) is 8.44. The van der Waals surface area contributed by atoms with Crippen molar-refractivity contribution in [3.8, 4) is 0 Å². The second-order valence-corrected chi connectivity index (χ2v) is 6.25. The quantitative estimate of drug-likeness (QED) is 0.760. The molecule has 2 unspecified atom stereocenters. The first-order valence-corrected chi connectivity index (χ1v) is 6.97. The Balaban J connectivity index is 2.31. The van der Waals surface area contributed by atoms with Crippen LogP contribution in [0.25, 0.3) is 0 Å². The van der Waals surface area contributed by atoms with Gasteiger partial charge in [-0.2, -0.15) is 0 Å². The van der Waals surface area contributed by atoms with Crippen molar-refractivity contribution in [2.75, 3.05) is 20.3 Å². The summed E-state index contributed by atoms with van der Waals surface area (Å²) in [6.45, 7) is 5.75. The molecule has 0 heterocycles. The molecule has 0 aromatic carbocycles. The van der Waals surface area contributed by atoms with E-state index in [1.807, 2.05) is 0 Å². The molecule has 0 saturated heterocycles. The standard InChI is InChI=1S/C14H28N2O2/c1-14(2,7-8-18-3)10-16-13(17)11-5-4-6-12(15)9-11/h11-12H,4-10,15H2,1-3H3,(H,16,17). The molecule has 0 bridgehead atoms. The molecule has 0 radical (unpaired) electrons. The van der Waals surface area contributed by atoms with Gasteiger partial charge in [0.15, 0.2) is 0 Å². The molecule has 1 amide bonds. The van der Waals surface area contributed by atoms with Crippen LogP contribution in [0.3, 0.4) is 0 Å². The smallest absolute Gasteiger partial charge is 0.223 e.